The average Bonchev–Trinajstić information content (AvgIpc) is 3.42. The van der Waals surface area contributed by atoms with Crippen molar-refractivity contribution in [3.05, 3.63) is 60.8 Å². The first kappa shape index (κ1) is 69.8. The Kier molecular flexibility index (Phi) is 43.6. The van der Waals surface area contributed by atoms with Crippen molar-refractivity contribution >= 4 is 5.91 Å². The smallest absolute Gasteiger partial charge is 0.220 e. The molecular formula is C62H111NO13. The lowest BCUT2D eigenvalue weighted by Gasteiger charge is -2.46. The summed E-state index contributed by atoms with van der Waals surface area (Å²) in [7, 11) is 0. The van der Waals surface area contributed by atoms with Gasteiger partial charge in [-0.1, -0.05) is 242 Å². The van der Waals surface area contributed by atoms with Crippen LogP contribution in [0.25, 0.3) is 0 Å². The lowest BCUT2D eigenvalue weighted by atomic mass is 9.97. The molecule has 0 aliphatic carbocycles. The number of allylic oxidation sites excluding steroid dienone is 9. The summed E-state index contributed by atoms with van der Waals surface area (Å²) in [6, 6.07) is -0.955. The molecule has 0 bridgehead atoms. The summed E-state index contributed by atoms with van der Waals surface area (Å²) in [6.45, 7) is 2.64. The van der Waals surface area contributed by atoms with Crippen LogP contribution in [0.3, 0.4) is 0 Å². The summed E-state index contributed by atoms with van der Waals surface area (Å²) in [5, 5.41) is 86.9. The van der Waals surface area contributed by atoms with Gasteiger partial charge in [0.2, 0.25) is 5.91 Å². The van der Waals surface area contributed by atoms with Crippen LogP contribution in [0.5, 0.6) is 0 Å². The molecule has 2 aliphatic heterocycles. The van der Waals surface area contributed by atoms with Crippen LogP contribution in [-0.2, 0) is 23.7 Å². The maximum absolute atomic E-state index is 13.2. The van der Waals surface area contributed by atoms with Gasteiger partial charge in [0.15, 0.2) is 12.6 Å². The number of amides is 1. The lowest BCUT2D eigenvalue weighted by Crippen LogP contribution is -2.65. The molecule has 0 aromatic rings. The van der Waals surface area contributed by atoms with Crippen molar-refractivity contribution in [2.75, 3.05) is 19.8 Å². The molecule has 2 fully saturated rings. The Hall–Kier alpha value is -2.31. The molecule has 1 amide bonds. The van der Waals surface area contributed by atoms with Gasteiger partial charge in [0.05, 0.1) is 32.0 Å². The molecule has 2 rings (SSSR count). The normalized spacial score (nSPS) is 25.3. The summed E-state index contributed by atoms with van der Waals surface area (Å²) < 4.78 is 22.7. The molecule has 0 saturated carbocycles. The zero-order chi connectivity index (χ0) is 55.3. The number of nitrogens with one attached hydrogen (secondary N) is 1. The fourth-order valence-corrected chi connectivity index (χ4v) is 9.83. The number of rotatable bonds is 48. The molecule has 0 radical (unpaired) electrons. The van der Waals surface area contributed by atoms with Crippen LogP contribution in [0.1, 0.15) is 232 Å². The standard InChI is InChI=1S/C62H111NO13/c1-3-5-7-9-11-13-15-17-18-19-20-21-22-23-24-25-26-27-28-29-30-31-32-34-35-37-39-41-43-45-51(66)50(63-54(67)46-44-42-40-38-36-33-16-14-12-10-8-6-4-2)49-73-61-59(72)57(70)60(53(48-65)75-61)76-62-58(71)56(69)55(68)52(47-64)74-62/h6,8,12,14,33,36,40,42-43,45,50-53,55-62,64-66,68-72H,3-5,7,9-11,13,15-32,34-35,37-39,41,44,46-49H2,1-2H3,(H,63,67)/b8-6-,14-12-,36-33-,42-40-,45-43+. The molecule has 12 atom stereocenters. The van der Waals surface area contributed by atoms with Gasteiger partial charge in [-0.05, 0) is 44.9 Å². The maximum atomic E-state index is 13.2. The molecule has 76 heavy (non-hydrogen) atoms. The van der Waals surface area contributed by atoms with Crippen LogP contribution < -0.4 is 5.32 Å². The number of aliphatic hydroxyl groups is 8. The largest absolute Gasteiger partial charge is 0.394 e. The monoisotopic (exact) mass is 1080 g/mol. The van der Waals surface area contributed by atoms with E-state index in [-0.39, 0.29) is 18.9 Å². The van der Waals surface area contributed by atoms with E-state index >= 15 is 0 Å². The third-order valence-electron chi connectivity index (χ3n) is 14.7. The highest BCUT2D eigenvalue weighted by atomic mass is 16.7. The number of carbonyl (C=O) groups excluding carboxylic acids is 1. The predicted octanol–water partition coefficient (Wildman–Crippen LogP) is 10.6. The van der Waals surface area contributed by atoms with Crippen LogP contribution in [0.15, 0.2) is 60.8 Å². The number of hydrogen-bond acceptors (Lipinski definition) is 13. The first-order valence-corrected chi connectivity index (χ1v) is 30.5. The van der Waals surface area contributed by atoms with E-state index in [4.69, 9.17) is 18.9 Å². The molecule has 14 nitrogen and oxygen atoms in total. The maximum Gasteiger partial charge on any atom is 0.220 e. The molecular weight excluding hydrogens is 967 g/mol. The van der Waals surface area contributed by atoms with Gasteiger partial charge in [0, 0.05) is 6.42 Å². The summed E-state index contributed by atoms with van der Waals surface area (Å²) in [5.74, 6) is -0.319. The van der Waals surface area contributed by atoms with Crippen molar-refractivity contribution in [1.29, 1.82) is 0 Å². The topological polar surface area (TPSA) is 228 Å². The van der Waals surface area contributed by atoms with Crippen molar-refractivity contribution in [3.63, 3.8) is 0 Å². The first-order chi connectivity index (χ1) is 37.1. The number of ether oxygens (including phenoxy) is 4. The van der Waals surface area contributed by atoms with Crippen molar-refractivity contribution in [2.45, 2.75) is 306 Å². The third kappa shape index (κ3) is 32.7. The van der Waals surface area contributed by atoms with E-state index in [2.05, 4.69) is 55.6 Å². The average molecular weight is 1080 g/mol. The van der Waals surface area contributed by atoms with Crippen molar-refractivity contribution < 1.29 is 64.6 Å². The van der Waals surface area contributed by atoms with Crippen LogP contribution >= 0.6 is 0 Å². The molecule has 0 aromatic carbocycles. The third-order valence-corrected chi connectivity index (χ3v) is 14.7. The fraction of sp³-hybridized carbons (Fsp3) is 0.823. The zero-order valence-electron chi connectivity index (χ0n) is 47.5. The molecule has 2 saturated heterocycles. The summed E-state index contributed by atoms with van der Waals surface area (Å²) in [6.07, 6.45) is 44.5. The van der Waals surface area contributed by atoms with Gasteiger partial charge in [-0.15, -0.1) is 0 Å². The first-order valence-electron chi connectivity index (χ1n) is 30.5. The van der Waals surface area contributed by atoms with E-state index < -0.39 is 86.8 Å². The van der Waals surface area contributed by atoms with Gasteiger partial charge in [-0.3, -0.25) is 4.79 Å². The molecule has 2 heterocycles. The Morgan fingerprint density at radius 2 is 0.908 bits per heavy atom. The van der Waals surface area contributed by atoms with E-state index in [9.17, 15) is 45.6 Å². The number of hydrogen-bond donors (Lipinski definition) is 9. The Morgan fingerprint density at radius 3 is 1.37 bits per heavy atom. The molecule has 9 N–H and O–H groups in total. The Bertz CT molecular complexity index is 1510. The Balaban J connectivity index is 1.71. The highest BCUT2D eigenvalue weighted by Crippen LogP contribution is 2.30. The second-order valence-corrected chi connectivity index (χ2v) is 21.5. The van der Waals surface area contributed by atoms with Gasteiger partial charge < -0.3 is 65.1 Å². The van der Waals surface area contributed by atoms with Crippen molar-refractivity contribution in [1.82, 2.24) is 5.32 Å². The quantitative estimate of drug-likeness (QED) is 0.0204. The summed E-state index contributed by atoms with van der Waals surface area (Å²) >= 11 is 0. The summed E-state index contributed by atoms with van der Waals surface area (Å²) in [4.78, 5) is 13.2. The van der Waals surface area contributed by atoms with E-state index in [0.29, 0.717) is 6.42 Å². The number of unbranched alkanes of at least 4 members (excludes halogenated alkanes) is 27. The van der Waals surface area contributed by atoms with E-state index in [1.165, 1.54) is 161 Å². The van der Waals surface area contributed by atoms with Gasteiger partial charge in [-0.2, -0.15) is 0 Å². The van der Waals surface area contributed by atoms with E-state index in [1.807, 2.05) is 18.2 Å². The fourth-order valence-electron chi connectivity index (χ4n) is 9.83. The second-order valence-electron chi connectivity index (χ2n) is 21.5. The van der Waals surface area contributed by atoms with E-state index in [0.717, 1.165) is 44.9 Å². The molecule has 0 aromatic heterocycles. The number of carbonyl (C=O) groups is 1. The van der Waals surface area contributed by atoms with Crippen LogP contribution in [-0.4, -0.2) is 140 Å². The van der Waals surface area contributed by atoms with Crippen LogP contribution in [0.2, 0.25) is 0 Å². The van der Waals surface area contributed by atoms with Crippen molar-refractivity contribution in [3.8, 4) is 0 Å². The molecule has 2 aliphatic rings. The molecule has 0 spiro atoms. The SMILES string of the molecule is CC/C=C\C/C=C\C/C=C\C/C=C\CCC(=O)NC(COC1OC(CO)C(OC2OC(CO)C(O)C(O)C2O)C(O)C1O)C(O)/C=C/CCCCCCCCCCCCCCCCCCCCCCCCCCCCC. The minimum absolute atomic E-state index is 0.158. The highest BCUT2D eigenvalue weighted by molar-refractivity contribution is 5.76. The summed E-state index contributed by atoms with van der Waals surface area (Å²) in [5.41, 5.74) is 0. The molecule has 442 valence electrons. The number of aliphatic hydroxyl groups excluding tert-OH is 8. The second kappa shape index (κ2) is 47.5. The van der Waals surface area contributed by atoms with Crippen LogP contribution in [0.4, 0.5) is 0 Å². The zero-order valence-corrected chi connectivity index (χ0v) is 47.5. The van der Waals surface area contributed by atoms with Crippen LogP contribution in [0, 0.1) is 0 Å². The molecule has 14 heteroatoms. The van der Waals surface area contributed by atoms with Gasteiger partial charge in [0.25, 0.3) is 0 Å². The predicted molar refractivity (Wildman–Crippen MR) is 304 cm³/mol. The van der Waals surface area contributed by atoms with Gasteiger partial charge >= 0.3 is 0 Å². The Labute approximate surface area is 460 Å². The minimum Gasteiger partial charge on any atom is -0.394 e. The Morgan fingerprint density at radius 1 is 0.487 bits per heavy atom. The molecule has 12 unspecified atom stereocenters. The van der Waals surface area contributed by atoms with Crippen molar-refractivity contribution in [2.24, 2.45) is 0 Å². The van der Waals surface area contributed by atoms with E-state index in [1.54, 1.807) is 6.08 Å². The van der Waals surface area contributed by atoms with Gasteiger partial charge in [-0.25, -0.2) is 0 Å². The highest BCUT2D eigenvalue weighted by Gasteiger charge is 2.51. The minimum atomic E-state index is -1.80. The lowest BCUT2D eigenvalue weighted by molar-refractivity contribution is -0.359. The van der Waals surface area contributed by atoms with Gasteiger partial charge in [0.1, 0.15) is 48.8 Å².